The first kappa shape index (κ1) is 19.1. The average molecular weight is 356 g/mol. The van der Waals surface area contributed by atoms with E-state index in [4.69, 9.17) is 14.2 Å². The highest BCUT2D eigenvalue weighted by Gasteiger charge is 2.05. The molecule has 136 valence electrons. The van der Waals surface area contributed by atoms with Crippen molar-refractivity contribution in [2.24, 2.45) is 0 Å². The molecule has 0 aliphatic heterocycles. The lowest BCUT2D eigenvalue weighted by Crippen LogP contribution is -2.03. The number of rotatable bonds is 7. The molecule has 2 aromatic rings. The first-order valence-electron chi connectivity index (χ1n) is 7.81. The molecule has 0 aliphatic carbocycles. The number of benzene rings is 2. The molecular formula is C20H20O6. The Morgan fingerprint density at radius 1 is 0.923 bits per heavy atom. The Morgan fingerprint density at radius 2 is 1.54 bits per heavy atom. The molecule has 26 heavy (non-hydrogen) atoms. The van der Waals surface area contributed by atoms with E-state index in [0.29, 0.717) is 17.1 Å². The van der Waals surface area contributed by atoms with Crippen LogP contribution in [0.25, 0.3) is 6.08 Å². The van der Waals surface area contributed by atoms with Gasteiger partial charge >= 0.3 is 11.9 Å². The second-order valence-corrected chi connectivity index (χ2v) is 5.28. The number of hydrogen-bond donors (Lipinski definition) is 0. The summed E-state index contributed by atoms with van der Waals surface area (Å²) in [5, 5.41) is 0. The minimum absolute atomic E-state index is 0.103. The van der Waals surface area contributed by atoms with Gasteiger partial charge in [-0.3, -0.25) is 0 Å². The van der Waals surface area contributed by atoms with Gasteiger partial charge in [-0.1, -0.05) is 12.1 Å². The van der Waals surface area contributed by atoms with Crippen molar-refractivity contribution in [2.45, 2.75) is 6.61 Å². The van der Waals surface area contributed by atoms with Crippen molar-refractivity contribution in [3.05, 3.63) is 65.2 Å². The Kier molecular flexibility index (Phi) is 6.79. The summed E-state index contributed by atoms with van der Waals surface area (Å²) in [6, 6.07) is 11.9. The number of carbonyl (C=O) groups is 2. The summed E-state index contributed by atoms with van der Waals surface area (Å²) >= 11 is 0. The van der Waals surface area contributed by atoms with E-state index in [1.54, 1.807) is 62.8 Å². The molecule has 0 bridgehead atoms. The Balaban J connectivity index is 1.94. The molecule has 0 unspecified atom stereocenters. The second-order valence-electron chi connectivity index (χ2n) is 5.28. The zero-order valence-electron chi connectivity index (χ0n) is 14.9. The van der Waals surface area contributed by atoms with Crippen LogP contribution < -0.4 is 9.47 Å². The van der Waals surface area contributed by atoms with E-state index in [9.17, 15) is 9.59 Å². The molecule has 0 aromatic heterocycles. The van der Waals surface area contributed by atoms with Gasteiger partial charge in [-0.15, -0.1) is 0 Å². The molecular weight excluding hydrogens is 336 g/mol. The summed E-state index contributed by atoms with van der Waals surface area (Å²) in [6.07, 6.45) is 2.95. The Morgan fingerprint density at radius 3 is 2.08 bits per heavy atom. The zero-order chi connectivity index (χ0) is 18.9. The van der Waals surface area contributed by atoms with E-state index in [2.05, 4.69) is 4.74 Å². The van der Waals surface area contributed by atoms with Gasteiger partial charge in [0.2, 0.25) is 0 Å². The van der Waals surface area contributed by atoms with Gasteiger partial charge in [-0.05, 0) is 41.5 Å². The van der Waals surface area contributed by atoms with E-state index < -0.39 is 11.9 Å². The normalized spacial score (nSPS) is 10.4. The van der Waals surface area contributed by atoms with Crippen LogP contribution >= 0.6 is 0 Å². The van der Waals surface area contributed by atoms with Gasteiger partial charge in [0.1, 0.15) is 18.1 Å². The summed E-state index contributed by atoms with van der Waals surface area (Å²) in [5.41, 5.74) is 1.96. The first-order chi connectivity index (χ1) is 12.5. The van der Waals surface area contributed by atoms with Crippen molar-refractivity contribution in [1.29, 1.82) is 0 Å². The maximum absolute atomic E-state index is 11.9. The fraction of sp³-hybridized carbons (Fsp3) is 0.200. The quantitative estimate of drug-likeness (QED) is 0.560. The van der Waals surface area contributed by atoms with Gasteiger partial charge in [0.05, 0.1) is 26.9 Å². The Labute approximate surface area is 151 Å². The molecule has 0 fully saturated rings. The van der Waals surface area contributed by atoms with E-state index in [1.165, 1.54) is 13.2 Å². The van der Waals surface area contributed by atoms with Crippen molar-refractivity contribution in [2.75, 3.05) is 21.3 Å². The molecule has 0 amide bonds. The monoisotopic (exact) mass is 356 g/mol. The molecule has 0 N–H and O–H groups in total. The first-order valence-corrected chi connectivity index (χ1v) is 7.81. The Hall–Kier alpha value is -3.28. The van der Waals surface area contributed by atoms with Gasteiger partial charge in [-0.25, -0.2) is 9.59 Å². The van der Waals surface area contributed by atoms with Crippen LogP contribution in [0.1, 0.15) is 21.5 Å². The second kappa shape index (κ2) is 9.27. The molecule has 2 aromatic carbocycles. The standard InChI is InChI=1S/C20H20O6/c1-23-17-10-15(11-18(12-17)24-2)6-9-19(21)26-13-14-4-7-16(8-5-14)20(22)25-3/h4-12H,13H2,1-3H3/b9-6+. The molecule has 0 saturated carbocycles. The van der Waals surface area contributed by atoms with Crippen molar-refractivity contribution < 1.29 is 28.5 Å². The maximum atomic E-state index is 11.9. The fourth-order valence-electron chi connectivity index (χ4n) is 2.15. The predicted molar refractivity (Wildman–Crippen MR) is 96.2 cm³/mol. The summed E-state index contributed by atoms with van der Waals surface area (Å²) in [5.74, 6) is 0.361. The fourth-order valence-corrected chi connectivity index (χ4v) is 2.15. The highest BCUT2D eigenvalue weighted by atomic mass is 16.5. The van der Waals surface area contributed by atoms with E-state index >= 15 is 0 Å². The van der Waals surface area contributed by atoms with Crippen LogP contribution in [0.4, 0.5) is 0 Å². The third-order valence-electron chi connectivity index (χ3n) is 3.54. The lowest BCUT2D eigenvalue weighted by Gasteiger charge is -2.06. The van der Waals surface area contributed by atoms with Crippen LogP contribution in [0, 0.1) is 0 Å². The van der Waals surface area contributed by atoms with Crippen molar-refractivity contribution in [3.63, 3.8) is 0 Å². The number of ether oxygens (including phenoxy) is 4. The lowest BCUT2D eigenvalue weighted by molar-refractivity contribution is -0.138. The van der Waals surface area contributed by atoms with E-state index in [0.717, 1.165) is 11.1 Å². The third-order valence-corrected chi connectivity index (χ3v) is 3.54. The number of esters is 2. The van der Waals surface area contributed by atoms with Crippen molar-refractivity contribution in [1.82, 2.24) is 0 Å². The summed E-state index contributed by atoms with van der Waals surface area (Å²) in [7, 11) is 4.44. The topological polar surface area (TPSA) is 71.1 Å². The number of hydrogen-bond acceptors (Lipinski definition) is 6. The minimum Gasteiger partial charge on any atom is -0.497 e. The molecule has 6 heteroatoms. The van der Waals surface area contributed by atoms with Crippen molar-refractivity contribution in [3.8, 4) is 11.5 Å². The summed E-state index contributed by atoms with van der Waals surface area (Å²) < 4.78 is 20.2. The molecule has 0 saturated heterocycles. The Bertz CT molecular complexity index is 770. The molecule has 0 spiro atoms. The number of methoxy groups -OCH3 is 3. The van der Waals surface area contributed by atoms with Crippen molar-refractivity contribution >= 4 is 18.0 Å². The van der Waals surface area contributed by atoms with E-state index in [-0.39, 0.29) is 6.61 Å². The highest BCUT2D eigenvalue weighted by Crippen LogP contribution is 2.23. The van der Waals surface area contributed by atoms with E-state index in [1.807, 2.05) is 0 Å². The largest absolute Gasteiger partial charge is 0.497 e. The molecule has 6 nitrogen and oxygen atoms in total. The SMILES string of the molecule is COC(=O)c1ccc(COC(=O)/C=C/c2cc(OC)cc(OC)c2)cc1. The van der Waals surface area contributed by atoms with Crippen LogP contribution in [0.5, 0.6) is 11.5 Å². The summed E-state index contributed by atoms with van der Waals surface area (Å²) in [4.78, 5) is 23.2. The van der Waals surface area contributed by atoms with Crippen LogP contribution in [0.2, 0.25) is 0 Å². The predicted octanol–water partition coefficient (Wildman–Crippen LogP) is 3.25. The van der Waals surface area contributed by atoms with Crippen LogP contribution in [-0.2, 0) is 20.9 Å². The smallest absolute Gasteiger partial charge is 0.337 e. The maximum Gasteiger partial charge on any atom is 0.337 e. The molecule has 0 atom stereocenters. The van der Waals surface area contributed by atoms with Crippen LogP contribution in [0.15, 0.2) is 48.5 Å². The molecule has 0 heterocycles. The number of carbonyl (C=O) groups excluding carboxylic acids is 2. The third kappa shape index (κ3) is 5.37. The zero-order valence-corrected chi connectivity index (χ0v) is 14.9. The van der Waals surface area contributed by atoms with Gasteiger partial charge in [0, 0.05) is 12.1 Å². The molecule has 0 aliphatic rings. The molecule has 2 rings (SSSR count). The average Bonchev–Trinajstić information content (AvgIpc) is 2.70. The molecule has 0 radical (unpaired) electrons. The highest BCUT2D eigenvalue weighted by molar-refractivity contribution is 5.89. The van der Waals surface area contributed by atoms with Crippen LogP contribution in [0.3, 0.4) is 0 Å². The lowest BCUT2D eigenvalue weighted by atomic mass is 10.1. The van der Waals surface area contributed by atoms with Gasteiger partial charge in [0.15, 0.2) is 0 Å². The van der Waals surface area contributed by atoms with Crippen LogP contribution in [-0.4, -0.2) is 33.3 Å². The minimum atomic E-state index is -0.483. The summed E-state index contributed by atoms with van der Waals surface area (Å²) in [6.45, 7) is 0.103. The van der Waals surface area contributed by atoms with Gasteiger partial charge in [-0.2, -0.15) is 0 Å². The van der Waals surface area contributed by atoms with Gasteiger partial charge < -0.3 is 18.9 Å². The van der Waals surface area contributed by atoms with Gasteiger partial charge in [0.25, 0.3) is 0 Å².